The molecule has 1 aliphatic heterocycles. The minimum atomic E-state index is -0.501. The van der Waals surface area contributed by atoms with E-state index < -0.39 is 11.9 Å². The van der Waals surface area contributed by atoms with Gasteiger partial charge in [-0.15, -0.1) is 0 Å². The minimum Gasteiger partial charge on any atom is -0.487 e. The first-order valence-electron chi connectivity index (χ1n) is 12.7. The Kier molecular flexibility index (Phi) is 10.5. The summed E-state index contributed by atoms with van der Waals surface area (Å²) in [4.78, 5) is 35.9. The fourth-order valence-corrected chi connectivity index (χ4v) is 3.90. The van der Waals surface area contributed by atoms with Gasteiger partial charge in [0.1, 0.15) is 23.7 Å². The number of carbonyl (C=O) groups is 3. The van der Waals surface area contributed by atoms with Gasteiger partial charge in [-0.25, -0.2) is 14.4 Å². The highest BCUT2D eigenvalue weighted by molar-refractivity contribution is 5.91. The van der Waals surface area contributed by atoms with E-state index in [1.165, 1.54) is 6.08 Å². The van der Waals surface area contributed by atoms with Crippen molar-refractivity contribution in [2.24, 2.45) is 0 Å². The Morgan fingerprint density at radius 1 is 1.03 bits per heavy atom. The monoisotopic (exact) mass is 506 g/mol. The number of esters is 3. The van der Waals surface area contributed by atoms with E-state index in [1.54, 1.807) is 61.5 Å². The molecule has 196 valence electrons. The second-order valence-electron chi connectivity index (χ2n) is 8.83. The largest absolute Gasteiger partial charge is 0.487 e. The number of carbonyl (C=O) groups excluding carboxylic acids is 3. The van der Waals surface area contributed by atoms with Gasteiger partial charge in [0.05, 0.1) is 12.2 Å². The lowest BCUT2D eigenvalue weighted by Crippen LogP contribution is -2.31. The number of unbranched alkanes of at least 4 members (excludes halogenated alkanes) is 3. The molecule has 0 radical (unpaired) electrons. The smallest absolute Gasteiger partial charge is 0.343 e. The fraction of sp³-hybridized carbons (Fsp3) is 0.367. The molecule has 2 atom stereocenters. The highest BCUT2D eigenvalue weighted by Gasteiger charge is 2.35. The lowest BCUT2D eigenvalue weighted by molar-refractivity contribution is -0.142. The zero-order chi connectivity index (χ0) is 26.6. The third-order valence-corrected chi connectivity index (χ3v) is 5.92. The summed E-state index contributed by atoms with van der Waals surface area (Å²) in [5, 5.41) is 0. The van der Waals surface area contributed by atoms with Gasteiger partial charge < -0.3 is 18.9 Å². The molecule has 0 aromatic heterocycles. The number of rotatable bonds is 13. The first kappa shape index (κ1) is 27.7. The molecule has 2 aromatic carbocycles. The average Bonchev–Trinajstić information content (AvgIpc) is 3.23. The van der Waals surface area contributed by atoms with E-state index in [9.17, 15) is 14.4 Å². The van der Waals surface area contributed by atoms with Gasteiger partial charge in [0.15, 0.2) is 0 Å². The van der Waals surface area contributed by atoms with Gasteiger partial charge in [-0.3, -0.25) is 0 Å². The average molecular weight is 507 g/mol. The summed E-state index contributed by atoms with van der Waals surface area (Å²) in [5.41, 5.74) is 1.61. The standard InChI is InChI=1S/C30H34O7/c1-4-6-7-8-9-26(27-20-21(3)29(32)37-27)35-24-17-13-23(14-18-24)30(33)36-25-15-10-22(11-16-25)12-19-28(31)34-5-2/h10-19,26-27H,3-9,20H2,1-2H3/b19-12+. The number of benzene rings is 2. The molecular formula is C30H34O7. The molecule has 2 aromatic rings. The van der Waals surface area contributed by atoms with Crippen molar-refractivity contribution >= 4 is 24.0 Å². The molecule has 7 nitrogen and oxygen atoms in total. The molecule has 0 saturated carbocycles. The van der Waals surface area contributed by atoms with Crippen molar-refractivity contribution in [1.82, 2.24) is 0 Å². The third kappa shape index (κ3) is 8.63. The van der Waals surface area contributed by atoms with Crippen molar-refractivity contribution in [3.63, 3.8) is 0 Å². The second kappa shape index (κ2) is 14.0. The summed E-state index contributed by atoms with van der Waals surface area (Å²) in [7, 11) is 0. The Morgan fingerprint density at radius 2 is 1.73 bits per heavy atom. The molecular weight excluding hydrogens is 472 g/mol. The van der Waals surface area contributed by atoms with E-state index in [0.717, 1.165) is 37.7 Å². The molecule has 3 rings (SSSR count). The van der Waals surface area contributed by atoms with Crippen LogP contribution >= 0.6 is 0 Å². The third-order valence-electron chi connectivity index (χ3n) is 5.92. The Hall–Kier alpha value is -3.87. The van der Waals surface area contributed by atoms with Crippen LogP contribution in [0.2, 0.25) is 0 Å². The van der Waals surface area contributed by atoms with Crippen LogP contribution in [-0.2, 0) is 19.1 Å². The van der Waals surface area contributed by atoms with Gasteiger partial charge in [0.2, 0.25) is 0 Å². The lowest BCUT2D eigenvalue weighted by atomic mass is 10.0. The van der Waals surface area contributed by atoms with Gasteiger partial charge >= 0.3 is 17.9 Å². The van der Waals surface area contributed by atoms with E-state index >= 15 is 0 Å². The van der Waals surface area contributed by atoms with Crippen LogP contribution in [0.25, 0.3) is 6.08 Å². The van der Waals surface area contributed by atoms with E-state index in [2.05, 4.69) is 13.5 Å². The molecule has 7 heteroatoms. The normalized spacial score (nSPS) is 15.9. The maximum atomic E-state index is 12.6. The summed E-state index contributed by atoms with van der Waals surface area (Å²) in [5.74, 6) is -0.313. The van der Waals surface area contributed by atoms with E-state index in [4.69, 9.17) is 18.9 Å². The summed E-state index contributed by atoms with van der Waals surface area (Å²) < 4.78 is 22.0. The summed E-state index contributed by atoms with van der Waals surface area (Å²) >= 11 is 0. The molecule has 0 aliphatic carbocycles. The summed E-state index contributed by atoms with van der Waals surface area (Å²) in [6, 6.07) is 13.5. The van der Waals surface area contributed by atoms with Crippen molar-refractivity contribution in [2.45, 2.75) is 64.6 Å². The quantitative estimate of drug-likeness (QED) is 0.141. The summed E-state index contributed by atoms with van der Waals surface area (Å²) in [6.07, 6.45) is 7.89. The number of hydrogen-bond donors (Lipinski definition) is 0. The summed E-state index contributed by atoms with van der Waals surface area (Å²) in [6.45, 7) is 7.99. The van der Waals surface area contributed by atoms with Crippen LogP contribution in [-0.4, -0.2) is 36.7 Å². The SMILES string of the molecule is C=C1CC(C(CCCCCC)Oc2ccc(C(=O)Oc3ccc(/C=C/C(=O)OCC)cc3)cc2)OC1=O. The highest BCUT2D eigenvalue weighted by Crippen LogP contribution is 2.28. The first-order chi connectivity index (χ1) is 17.9. The molecule has 0 bridgehead atoms. The molecule has 1 heterocycles. The Labute approximate surface area is 218 Å². The van der Waals surface area contributed by atoms with Crippen LogP contribution in [0.4, 0.5) is 0 Å². The van der Waals surface area contributed by atoms with E-state index in [0.29, 0.717) is 35.7 Å². The molecule has 1 saturated heterocycles. The number of ether oxygens (including phenoxy) is 4. The topological polar surface area (TPSA) is 88.1 Å². The van der Waals surface area contributed by atoms with Gasteiger partial charge in [-0.2, -0.15) is 0 Å². The van der Waals surface area contributed by atoms with Crippen LogP contribution in [0.1, 0.15) is 68.3 Å². The highest BCUT2D eigenvalue weighted by atomic mass is 16.6. The van der Waals surface area contributed by atoms with Crippen molar-refractivity contribution in [2.75, 3.05) is 6.61 Å². The van der Waals surface area contributed by atoms with Crippen LogP contribution in [0.5, 0.6) is 11.5 Å². The van der Waals surface area contributed by atoms with Crippen molar-refractivity contribution < 1.29 is 33.3 Å². The molecule has 2 unspecified atom stereocenters. The lowest BCUT2D eigenvalue weighted by Gasteiger charge is -2.24. The Balaban J connectivity index is 1.58. The van der Waals surface area contributed by atoms with Gasteiger partial charge in [0.25, 0.3) is 0 Å². The van der Waals surface area contributed by atoms with Crippen LogP contribution in [0.15, 0.2) is 66.8 Å². The molecule has 37 heavy (non-hydrogen) atoms. The minimum absolute atomic E-state index is 0.283. The van der Waals surface area contributed by atoms with Crippen LogP contribution in [0.3, 0.4) is 0 Å². The molecule has 1 aliphatic rings. The maximum Gasteiger partial charge on any atom is 0.343 e. The maximum absolute atomic E-state index is 12.6. The fourth-order valence-electron chi connectivity index (χ4n) is 3.90. The Morgan fingerprint density at radius 3 is 2.35 bits per heavy atom. The number of hydrogen-bond acceptors (Lipinski definition) is 7. The van der Waals surface area contributed by atoms with Crippen molar-refractivity contribution in [3.05, 3.63) is 77.9 Å². The van der Waals surface area contributed by atoms with E-state index in [1.807, 2.05) is 0 Å². The van der Waals surface area contributed by atoms with Gasteiger partial charge in [0, 0.05) is 18.1 Å². The zero-order valence-corrected chi connectivity index (χ0v) is 21.4. The van der Waals surface area contributed by atoms with Gasteiger partial charge in [-0.1, -0.05) is 44.9 Å². The van der Waals surface area contributed by atoms with Crippen molar-refractivity contribution in [3.8, 4) is 11.5 Å². The zero-order valence-electron chi connectivity index (χ0n) is 21.4. The van der Waals surface area contributed by atoms with E-state index in [-0.39, 0.29) is 18.2 Å². The van der Waals surface area contributed by atoms with Gasteiger partial charge in [-0.05, 0) is 67.8 Å². The molecule has 1 fully saturated rings. The predicted molar refractivity (Wildman–Crippen MR) is 140 cm³/mol. The number of cyclic esters (lactones) is 1. The predicted octanol–water partition coefficient (Wildman–Crippen LogP) is 6.07. The Bertz CT molecular complexity index is 1080. The molecule has 0 N–H and O–H groups in total. The first-order valence-corrected chi connectivity index (χ1v) is 12.7. The van der Waals surface area contributed by atoms with Crippen LogP contribution in [0, 0.1) is 0 Å². The van der Waals surface area contributed by atoms with Crippen molar-refractivity contribution in [1.29, 1.82) is 0 Å². The van der Waals surface area contributed by atoms with Crippen LogP contribution < -0.4 is 9.47 Å². The molecule has 0 amide bonds. The second-order valence-corrected chi connectivity index (χ2v) is 8.83. The molecule has 0 spiro atoms.